The molecule has 0 spiro atoms. The standard InChI is InChI=1S/C10H9N3O2S/c1-15-9-7(8(11)14)16-10(13-9)6-3-2-4-12-5-6/h2-5H,1H3,(H2,11,14). The van der Waals surface area contributed by atoms with Crippen LogP contribution in [0.25, 0.3) is 10.6 Å². The molecule has 0 unspecified atom stereocenters. The molecule has 5 nitrogen and oxygen atoms in total. The van der Waals surface area contributed by atoms with Crippen LogP contribution in [-0.2, 0) is 0 Å². The van der Waals surface area contributed by atoms with E-state index in [4.69, 9.17) is 10.5 Å². The van der Waals surface area contributed by atoms with E-state index in [2.05, 4.69) is 9.97 Å². The minimum atomic E-state index is -0.538. The van der Waals surface area contributed by atoms with Crippen molar-refractivity contribution in [2.24, 2.45) is 5.73 Å². The molecular formula is C10H9N3O2S. The van der Waals surface area contributed by atoms with Gasteiger partial charge in [-0.25, -0.2) is 4.98 Å². The number of amides is 1. The molecule has 0 aliphatic carbocycles. The Morgan fingerprint density at radius 3 is 2.88 bits per heavy atom. The Balaban J connectivity index is 2.48. The molecule has 0 saturated heterocycles. The van der Waals surface area contributed by atoms with Crippen molar-refractivity contribution in [3.63, 3.8) is 0 Å². The molecule has 0 atom stereocenters. The number of pyridine rings is 1. The zero-order chi connectivity index (χ0) is 11.5. The minimum absolute atomic E-state index is 0.261. The maximum atomic E-state index is 11.1. The van der Waals surface area contributed by atoms with E-state index in [9.17, 15) is 4.79 Å². The fourth-order valence-corrected chi connectivity index (χ4v) is 2.09. The molecule has 0 saturated carbocycles. The number of methoxy groups -OCH3 is 1. The molecule has 2 rings (SSSR count). The summed E-state index contributed by atoms with van der Waals surface area (Å²) in [6, 6.07) is 3.66. The van der Waals surface area contributed by atoms with E-state index in [0.717, 1.165) is 5.56 Å². The summed E-state index contributed by atoms with van der Waals surface area (Å²) in [6.07, 6.45) is 3.34. The van der Waals surface area contributed by atoms with Crippen LogP contribution in [0.15, 0.2) is 24.5 Å². The number of hydrogen-bond donors (Lipinski definition) is 1. The summed E-state index contributed by atoms with van der Waals surface area (Å²) in [5.41, 5.74) is 6.05. The first-order valence-corrected chi connectivity index (χ1v) is 5.29. The molecule has 0 fully saturated rings. The molecule has 0 radical (unpaired) electrons. The van der Waals surface area contributed by atoms with Gasteiger partial charge in [0, 0.05) is 18.0 Å². The number of ether oxygens (including phenoxy) is 1. The number of carbonyl (C=O) groups excluding carboxylic acids is 1. The number of nitrogens with zero attached hydrogens (tertiary/aromatic N) is 2. The Morgan fingerprint density at radius 2 is 2.38 bits per heavy atom. The first-order chi connectivity index (χ1) is 7.72. The summed E-state index contributed by atoms with van der Waals surface area (Å²) in [4.78, 5) is 19.6. The van der Waals surface area contributed by atoms with Crippen molar-refractivity contribution in [3.8, 4) is 16.5 Å². The van der Waals surface area contributed by atoms with Crippen LogP contribution in [0.1, 0.15) is 9.67 Å². The Kier molecular flexibility index (Phi) is 2.82. The van der Waals surface area contributed by atoms with E-state index in [0.29, 0.717) is 9.88 Å². The zero-order valence-corrected chi connectivity index (χ0v) is 9.32. The molecule has 2 aromatic rings. The third-order valence-corrected chi connectivity index (χ3v) is 3.02. The molecule has 6 heteroatoms. The second-order valence-corrected chi connectivity index (χ2v) is 3.96. The van der Waals surface area contributed by atoms with Crippen LogP contribution >= 0.6 is 11.3 Å². The number of primary amides is 1. The predicted octanol–water partition coefficient (Wildman–Crippen LogP) is 1.31. The van der Waals surface area contributed by atoms with Crippen molar-refractivity contribution in [1.82, 2.24) is 9.97 Å². The molecule has 2 heterocycles. The molecule has 0 aromatic carbocycles. The maximum Gasteiger partial charge on any atom is 0.264 e. The van der Waals surface area contributed by atoms with E-state index in [-0.39, 0.29) is 5.88 Å². The molecule has 16 heavy (non-hydrogen) atoms. The van der Waals surface area contributed by atoms with Crippen LogP contribution in [0, 0.1) is 0 Å². The number of nitrogens with two attached hydrogens (primary N) is 1. The molecule has 0 aliphatic rings. The van der Waals surface area contributed by atoms with E-state index in [1.165, 1.54) is 18.4 Å². The summed E-state index contributed by atoms with van der Waals surface area (Å²) in [7, 11) is 1.45. The first kappa shape index (κ1) is 10.6. The lowest BCUT2D eigenvalue weighted by molar-refractivity contribution is 0.100. The van der Waals surface area contributed by atoms with E-state index in [1.54, 1.807) is 18.5 Å². The maximum absolute atomic E-state index is 11.1. The highest BCUT2D eigenvalue weighted by Crippen LogP contribution is 2.31. The largest absolute Gasteiger partial charge is 0.480 e. The first-order valence-electron chi connectivity index (χ1n) is 4.47. The topological polar surface area (TPSA) is 78.1 Å². The number of rotatable bonds is 3. The lowest BCUT2D eigenvalue weighted by Crippen LogP contribution is -2.10. The third-order valence-electron chi connectivity index (χ3n) is 1.92. The molecule has 1 amide bonds. The average Bonchev–Trinajstić information content (AvgIpc) is 2.74. The molecule has 0 bridgehead atoms. The molecular weight excluding hydrogens is 226 g/mol. The molecule has 2 aromatic heterocycles. The van der Waals surface area contributed by atoms with Crippen molar-refractivity contribution >= 4 is 17.2 Å². The van der Waals surface area contributed by atoms with E-state index < -0.39 is 5.91 Å². The highest BCUT2D eigenvalue weighted by atomic mass is 32.1. The van der Waals surface area contributed by atoms with Gasteiger partial charge in [0.1, 0.15) is 5.01 Å². The van der Waals surface area contributed by atoms with Crippen molar-refractivity contribution in [1.29, 1.82) is 0 Å². The van der Waals surface area contributed by atoms with Crippen molar-refractivity contribution in [2.45, 2.75) is 0 Å². The van der Waals surface area contributed by atoms with Crippen LogP contribution in [-0.4, -0.2) is 23.0 Å². The predicted molar refractivity (Wildman–Crippen MR) is 60.4 cm³/mol. The highest BCUT2D eigenvalue weighted by Gasteiger charge is 2.17. The van der Waals surface area contributed by atoms with E-state index >= 15 is 0 Å². The van der Waals surface area contributed by atoms with Crippen molar-refractivity contribution < 1.29 is 9.53 Å². The average molecular weight is 235 g/mol. The number of hydrogen-bond acceptors (Lipinski definition) is 5. The van der Waals surface area contributed by atoms with Crippen LogP contribution in [0.4, 0.5) is 0 Å². The zero-order valence-electron chi connectivity index (χ0n) is 8.51. The van der Waals surface area contributed by atoms with Gasteiger partial charge in [-0.05, 0) is 12.1 Å². The van der Waals surface area contributed by atoms with Gasteiger partial charge in [0.05, 0.1) is 7.11 Å². The van der Waals surface area contributed by atoms with Gasteiger partial charge in [-0.1, -0.05) is 0 Å². The minimum Gasteiger partial charge on any atom is -0.480 e. The van der Waals surface area contributed by atoms with E-state index in [1.807, 2.05) is 6.07 Å². The van der Waals surface area contributed by atoms with Crippen LogP contribution in [0.5, 0.6) is 5.88 Å². The summed E-state index contributed by atoms with van der Waals surface area (Å²) in [5, 5.41) is 0.666. The molecule has 0 aliphatic heterocycles. The Labute approximate surface area is 95.9 Å². The molecule has 82 valence electrons. The fraction of sp³-hybridized carbons (Fsp3) is 0.100. The fourth-order valence-electron chi connectivity index (χ4n) is 1.21. The van der Waals surface area contributed by atoms with Gasteiger partial charge in [0.25, 0.3) is 5.91 Å². The lowest BCUT2D eigenvalue weighted by Gasteiger charge is -1.93. The van der Waals surface area contributed by atoms with Gasteiger partial charge in [0.2, 0.25) is 5.88 Å². The van der Waals surface area contributed by atoms with Crippen molar-refractivity contribution in [3.05, 3.63) is 29.4 Å². The summed E-state index contributed by atoms with van der Waals surface area (Å²) < 4.78 is 4.99. The number of thiazole rings is 1. The van der Waals surface area contributed by atoms with Gasteiger partial charge in [-0.3, -0.25) is 9.78 Å². The summed E-state index contributed by atoms with van der Waals surface area (Å²) >= 11 is 1.19. The normalized spacial score (nSPS) is 10.1. The highest BCUT2D eigenvalue weighted by molar-refractivity contribution is 7.17. The van der Waals surface area contributed by atoms with Gasteiger partial charge in [0.15, 0.2) is 4.88 Å². The Morgan fingerprint density at radius 1 is 1.56 bits per heavy atom. The monoisotopic (exact) mass is 235 g/mol. The molecule has 2 N–H and O–H groups in total. The van der Waals surface area contributed by atoms with Gasteiger partial charge in [-0.15, -0.1) is 11.3 Å². The van der Waals surface area contributed by atoms with Crippen LogP contribution in [0.2, 0.25) is 0 Å². The van der Waals surface area contributed by atoms with Crippen LogP contribution in [0.3, 0.4) is 0 Å². The Bertz CT molecular complexity index is 510. The third kappa shape index (κ3) is 1.87. The number of carbonyl (C=O) groups is 1. The summed E-state index contributed by atoms with van der Waals surface area (Å²) in [5.74, 6) is -0.277. The second kappa shape index (κ2) is 4.28. The van der Waals surface area contributed by atoms with Gasteiger partial charge >= 0.3 is 0 Å². The van der Waals surface area contributed by atoms with Gasteiger partial charge in [-0.2, -0.15) is 0 Å². The Hall–Kier alpha value is -1.95. The smallest absolute Gasteiger partial charge is 0.264 e. The lowest BCUT2D eigenvalue weighted by atomic mass is 10.3. The quantitative estimate of drug-likeness (QED) is 0.870. The van der Waals surface area contributed by atoms with Crippen molar-refractivity contribution in [2.75, 3.05) is 7.11 Å². The van der Waals surface area contributed by atoms with Crippen LogP contribution < -0.4 is 10.5 Å². The second-order valence-electron chi connectivity index (χ2n) is 2.96. The summed E-state index contributed by atoms with van der Waals surface area (Å²) in [6.45, 7) is 0. The SMILES string of the molecule is COc1nc(-c2cccnc2)sc1C(N)=O. The number of aromatic nitrogens is 2. The van der Waals surface area contributed by atoms with Gasteiger partial charge < -0.3 is 10.5 Å².